The van der Waals surface area contributed by atoms with Crippen LogP contribution in [0.3, 0.4) is 0 Å². The quantitative estimate of drug-likeness (QED) is 0.862. The predicted octanol–water partition coefficient (Wildman–Crippen LogP) is 0.576. The summed E-state index contributed by atoms with van der Waals surface area (Å²) < 4.78 is 1.51. The Bertz CT molecular complexity index is 672. The van der Waals surface area contributed by atoms with Crippen molar-refractivity contribution in [1.82, 2.24) is 20.1 Å². The number of nitrogens with one attached hydrogen (secondary N) is 1. The van der Waals surface area contributed by atoms with E-state index in [1.807, 2.05) is 18.2 Å². The van der Waals surface area contributed by atoms with Gasteiger partial charge in [0.1, 0.15) is 11.5 Å². The number of aromatic nitrogens is 3. The van der Waals surface area contributed by atoms with Crippen molar-refractivity contribution in [1.29, 1.82) is 0 Å². The molecule has 1 fully saturated rings. The molecule has 1 aliphatic rings. The number of carbonyl (C=O) groups is 1. The topological polar surface area (TPSA) is 83.3 Å². The van der Waals surface area contributed by atoms with Gasteiger partial charge in [0.25, 0.3) is 5.91 Å². The molecule has 2 aromatic heterocycles. The molecule has 1 saturated heterocycles. The van der Waals surface area contributed by atoms with Gasteiger partial charge in [-0.1, -0.05) is 6.07 Å². The van der Waals surface area contributed by atoms with Crippen molar-refractivity contribution in [3.05, 3.63) is 42.4 Å². The standard InChI is InChI=1S/C16H21N5O2/c1-20-13(6-9-19-20)15(22)18-11-16(23)7-4-10-21(12-16)14-5-2-3-8-17-14/h2-3,5-6,8-9,23H,4,7,10-12H2,1H3,(H,18,22)/t16-/m0/s1. The smallest absolute Gasteiger partial charge is 0.269 e. The predicted molar refractivity (Wildman–Crippen MR) is 86.2 cm³/mol. The van der Waals surface area contributed by atoms with Crippen LogP contribution in [0.4, 0.5) is 5.82 Å². The molecule has 0 spiro atoms. The third-order valence-corrected chi connectivity index (χ3v) is 4.16. The molecule has 0 radical (unpaired) electrons. The zero-order chi connectivity index (χ0) is 16.3. The summed E-state index contributed by atoms with van der Waals surface area (Å²) in [7, 11) is 1.72. The number of aliphatic hydroxyl groups is 1. The maximum Gasteiger partial charge on any atom is 0.269 e. The summed E-state index contributed by atoms with van der Waals surface area (Å²) >= 11 is 0. The van der Waals surface area contributed by atoms with E-state index in [-0.39, 0.29) is 12.5 Å². The van der Waals surface area contributed by atoms with Gasteiger partial charge in [-0.15, -0.1) is 0 Å². The molecule has 7 nitrogen and oxygen atoms in total. The van der Waals surface area contributed by atoms with Gasteiger partial charge in [-0.2, -0.15) is 5.10 Å². The Morgan fingerprint density at radius 2 is 2.26 bits per heavy atom. The van der Waals surface area contributed by atoms with Crippen LogP contribution in [0, 0.1) is 0 Å². The lowest BCUT2D eigenvalue weighted by Crippen LogP contribution is -2.54. The van der Waals surface area contributed by atoms with E-state index in [9.17, 15) is 9.90 Å². The average Bonchev–Trinajstić information content (AvgIpc) is 3.00. The molecule has 1 atom stereocenters. The van der Waals surface area contributed by atoms with E-state index in [0.29, 0.717) is 18.7 Å². The normalized spacial score (nSPS) is 21.2. The largest absolute Gasteiger partial charge is 0.386 e. The highest BCUT2D eigenvalue weighted by molar-refractivity contribution is 5.92. The molecular formula is C16H21N5O2. The van der Waals surface area contributed by atoms with E-state index < -0.39 is 5.60 Å². The molecule has 0 aromatic carbocycles. The van der Waals surface area contributed by atoms with Crippen LogP contribution in [-0.2, 0) is 7.05 Å². The fourth-order valence-corrected chi connectivity index (χ4v) is 2.93. The molecule has 1 aliphatic heterocycles. The molecule has 7 heteroatoms. The Kier molecular flexibility index (Phi) is 4.29. The van der Waals surface area contributed by atoms with Gasteiger partial charge in [0, 0.05) is 39.1 Å². The summed E-state index contributed by atoms with van der Waals surface area (Å²) in [5, 5.41) is 17.6. The zero-order valence-corrected chi connectivity index (χ0v) is 13.1. The van der Waals surface area contributed by atoms with Crippen molar-refractivity contribution in [2.45, 2.75) is 18.4 Å². The first-order valence-electron chi connectivity index (χ1n) is 7.72. The van der Waals surface area contributed by atoms with Gasteiger partial charge in [0.05, 0.1) is 5.60 Å². The van der Waals surface area contributed by atoms with Crippen LogP contribution >= 0.6 is 0 Å². The van der Waals surface area contributed by atoms with Gasteiger partial charge >= 0.3 is 0 Å². The van der Waals surface area contributed by atoms with Crippen LogP contribution in [0.5, 0.6) is 0 Å². The van der Waals surface area contributed by atoms with E-state index in [1.165, 1.54) is 4.68 Å². The molecule has 0 bridgehead atoms. The number of rotatable bonds is 4. The maximum absolute atomic E-state index is 12.2. The lowest BCUT2D eigenvalue weighted by molar-refractivity contribution is 0.0253. The van der Waals surface area contributed by atoms with Crippen LogP contribution < -0.4 is 10.2 Å². The van der Waals surface area contributed by atoms with Crippen molar-refractivity contribution < 1.29 is 9.90 Å². The van der Waals surface area contributed by atoms with E-state index in [4.69, 9.17) is 0 Å². The average molecular weight is 315 g/mol. The molecule has 2 aromatic rings. The van der Waals surface area contributed by atoms with Crippen molar-refractivity contribution in [3.63, 3.8) is 0 Å². The summed E-state index contributed by atoms with van der Waals surface area (Å²) in [5.41, 5.74) is -0.477. The highest BCUT2D eigenvalue weighted by Crippen LogP contribution is 2.24. The lowest BCUT2D eigenvalue weighted by Gasteiger charge is -2.39. The Morgan fingerprint density at radius 1 is 1.39 bits per heavy atom. The minimum Gasteiger partial charge on any atom is -0.386 e. The van der Waals surface area contributed by atoms with E-state index >= 15 is 0 Å². The summed E-state index contributed by atoms with van der Waals surface area (Å²) in [4.78, 5) is 18.5. The van der Waals surface area contributed by atoms with Gasteiger partial charge in [0.2, 0.25) is 0 Å². The van der Waals surface area contributed by atoms with Crippen LogP contribution in [0.2, 0.25) is 0 Å². The monoisotopic (exact) mass is 315 g/mol. The summed E-state index contributed by atoms with van der Waals surface area (Å²) in [6.45, 7) is 1.52. The van der Waals surface area contributed by atoms with Gasteiger partial charge < -0.3 is 15.3 Å². The fraction of sp³-hybridized carbons (Fsp3) is 0.438. The number of carbonyl (C=O) groups excluding carboxylic acids is 1. The number of pyridine rings is 1. The highest BCUT2D eigenvalue weighted by atomic mass is 16.3. The summed E-state index contributed by atoms with van der Waals surface area (Å²) in [5.74, 6) is 0.622. The first-order valence-corrected chi connectivity index (χ1v) is 7.72. The maximum atomic E-state index is 12.2. The van der Waals surface area contributed by atoms with Gasteiger partial charge in [-0.3, -0.25) is 9.48 Å². The SMILES string of the molecule is Cn1nccc1C(=O)NC[C@@]1(O)CCCN(c2ccccn2)C1. The van der Waals surface area contributed by atoms with Crippen molar-refractivity contribution in [2.75, 3.05) is 24.5 Å². The molecule has 0 aliphatic carbocycles. The third kappa shape index (κ3) is 3.50. The highest BCUT2D eigenvalue weighted by Gasteiger charge is 2.34. The Morgan fingerprint density at radius 3 is 2.96 bits per heavy atom. The number of β-amino-alcohol motifs (C(OH)–C–C–N with tert-alkyl or cyclic N) is 1. The first-order chi connectivity index (χ1) is 11.1. The molecule has 3 rings (SSSR count). The lowest BCUT2D eigenvalue weighted by atomic mass is 9.92. The van der Waals surface area contributed by atoms with Crippen LogP contribution in [0.15, 0.2) is 36.7 Å². The number of aryl methyl sites for hydroxylation is 1. The Balaban J connectivity index is 1.62. The van der Waals surface area contributed by atoms with Crippen LogP contribution in [0.25, 0.3) is 0 Å². The minimum atomic E-state index is -0.954. The van der Waals surface area contributed by atoms with Gasteiger partial charge in [-0.05, 0) is 31.0 Å². The number of amides is 1. The molecule has 3 heterocycles. The second-order valence-electron chi connectivity index (χ2n) is 5.96. The molecule has 2 N–H and O–H groups in total. The van der Waals surface area contributed by atoms with Crippen molar-refractivity contribution in [3.8, 4) is 0 Å². The molecule has 0 saturated carbocycles. The van der Waals surface area contributed by atoms with E-state index in [2.05, 4.69) is 20.3 Å². The second-order valence-corrected chi connectivity index (χ2v) is 5.96. The van der Waals surface area contributed by atoms with Gasteiger partial charge in [0.15, 0.2) is 0 Å². The van der Waals surface area contributed by atoms with Crippen molar-refractivity contribution >= 4 is 11.7 Å². The van der Waals surface area contributed by atoms with Gasteiger partial charge in [-0.25, -0.2) is 4.98 Å². The van der Waals surface area contributed by atoms with E-state index in [0.717, 1.165) is 18.8 Å². The second kappa shape index (κ2) is 6.37. The fourth-order valence-electron chi connectivity index (χ4n) is 2.93. The summed E-state index contributed by atoms with van der Waals surface area (Å²) in [6.07, 6.45) is 4.83. The molecule has 0 unspecified atom stereocenters. The molecular weight excluding hydrogens is 294 g/mol. The minimum absolute atomic E-state index is 0.209. The Hall–Kier alpha value is -2.41. The zero-order valence-electron chi connectivity index (χ0n) is 13.1. The molecule has 1 amide bonds. The first kappa shape index (κ1) is 15.5. The Labute approximate surface area is 134 Å². The summed E-state index contributed by atoms with van der Waals surface area (Å²) in [6, 6.07) is 7.38. The number of hydrogen-bond donors (Lipinski definition) is 2. The molecule has 122 valence electrons. The molecule has 23 heavy (non-hydrogen) atoms. The number of anilines is 1. The van der Waals surface area contributed by atoms with E-state index in [1.54, 1.807) is 25.5 Å². The number of piperidine rings is 1. The third-order valence-electron chi connectivity index (χ3n) is 4.16. The van der Waals surface area contributed by atoms with Crippen LogP contribution in [0.1, 0.15) is 23.3 Å². The van der Waals surface area contributed by atoms with Crippen LogP contribution in [-0.4, -0.2) is 51.0 Å². The number of nitrogens with zero attached hydrogens (tertiary/aromatic N) is 4. The number of hydrogen-bond acceptors (Lipinski definition) is 5. The van der Waals surface area contributed by atoms with Crippen molar-refractivity contribution in [2.24, 2.45) is 7.05 Å².